The summed E-state index contributed by atoms with van der Waals surface area (Å²) >= 11 is 0. The molecule has 0 aromatic heterocycles. The van der Waals surface area contributed by atoms with Crippen molar-refractivity contribution in [1.29, 1.82) is 0 Å². The summed E-state index contributed by atoms with van der Waals surface area (Å²) in [5.74, 6) is 0. The molecule has 131 valence electrons. The molecule has 0 atom stereocenters. The second-order valence-electron chi connectivity index (χ2n) is 6.76. The first-order valence-corrected chi connectivity index (χ1v) is 10.1. The van der Waals surface area contributed by atoms with E-state index < -0.39 is 0 Å². The molecule has 0 aliphatic rings. The SMILES string of the molecule is [CH]=CCCCCCCCCCCCCCCCCCCCO. The van der Waals surface area contributed by atoms with Crippen LogP contribution in [-0.2, 0) is 0 Å². The number of allylic oxidation sites excluding steroid dienone is 1. The monoisotopic (exact) mass is 309 g/mol. The number of unbranched alkanes of at least 4 members (excludes halogenated alkanes) is 17. The molecule has 0 aliphatic carbocycles. The van der Waals surface area contributed by atoms with Gasteiger partial charge in [-0.25, -0.2) is 0 Å². The van der Waals surface area contributed by atoms with Gasteiger partial charge in [0, 0.05) is 6.61 Å². The summed E-state index contributed by atoms with van der Waals surface area (Å²) in [4.78, 5) is 0. The van der Waals surface area contributed by atoms with E-state index in [0.29, 0.717) is 6.61 Å². The highest BCUT2D eigenvalue weighted by Gasteiger charge is 1.94. The Bertz CT molecular complexity index is 200. The van der Waals surface area contributed by atoms with Crippen LogP contribution in [0.5, 0.6) is 0 Å². The van der Waals surface area contributed by atoms with Crippen LogP contribution in [0.3, 0.4) is 0 Å². The lowest BCUT2D eigenvalue weighted by atomic mass is 10.0. The first-order chi connectivity index (χ1) is 10.9. The minimum atomic E-state index is 0.368. The van der Waals surface area contributed by atoms with E-state index in [1.165, 1.54) is 103 Å². The van der Waals surface area contributed by atoms with E-state index in [1.807, 2.05) is 0 Å². The van der Waals surface area contributed by atoms with Crippen LogP contribution in [-0.4, -0.2) is 11.7 Å². The Morgan fingerprint density at radius 3 is 1.00 bits per heavy atom. The number of aliphatic hydroxyl groups is 1. The maximum atomic E-state index is 8.70. The summed E-state index contributed by atoms with van der Waals surface area (Å²) in [5.41, 5.74) is 0. The number of hydrogen-bond acceptors (Lipinski definition) is 1. The molecule has 1 radical (unpaired) electrons. The molecular formula is C21H41O. The predicted octanol–water partition coefficient (Wildman–Crippen LogP) is 6.99. The molecule has 0 heterocycles. The molecular weight excluding hydrogens is 268 g/mol. The van der Waals surface area contributed by atoms with E-state index in [0.717, 1.165) is 12.8 Å². The largest absolute Gasteiger partial charge is 0.396 e. The number of hydrogen-bond donors (Lipinski definition) is 1. The summed E-state index contributed by atoms with van der Waals surface area (Å²) in [5, 5.41) is 8.70. The Morgan fingerprint density at radius 2 is 0.727 bits per heavy atom. The van der Waals surface area contributed by atoms with Gasteiger partial charge in [0.2, 0.25) is 0 Å². The van der Waals surface area contributed by atoms with Crippen molar-refractivity contribution in [2.45, 2.75) is 116 Å². The van der Waals surface area contributed by atoms with Crippen LogP contribution >= 0.6 is 0 Å². The van der Waals surface area contributed by atoms with Crippen molar-refractivity contribution in [1.82, 2.24) is 0 Å². The van der Waals surface area contributed by atoms with Crippen LogP contribution in [0, 0.1) is 6.58 Å². The van der Waals surface area contributed by atoms with E-state index >= 15 is 0 Å². The average Bonchev–Trinajstić information content (AvgIpc) is 2.54. The zero-order valence-corrected chi connectivity index (χ0v) is 15.0. The van der Waals surface area contributed by atoms with Gasteiger partial charge in [0.15, 0.2) is 0 Å². The van der Waals surface area contributed by atoms with Crippen molar-refractivity contribution in [3.63, 3.8) is 0 Å². The summed E-state index contributed by atoms with van der Waals surface area (Å²) in [6.45, 7) is 5.74. The maximum absolute atomic E-state index is 8.70. The Hall–Kier alpha value is -0.300. The van der Waals surface area contributed by atoms with Crippen LogP contribution < -0.4 is 0 Å². The van der Waals surface area contributed by atoms with E-state index in [2.05, 4.69) is 0 Å². The van der Waals surface area contributed by atoms with Crippen LogP contribution in [0.15, 0.2) is 6.08 Å². The third kappa shape index (κ3) is 19.7. The third-order valence-electron chi connectivity index (χ3n) is 4.53. The first-order valence-electron chi connectivity index (χ1n) is 10.1. The van der Waals surface area contributed by atoms with Crippen molar-refractivity contribution < 1.29 is 5.11 Å². The van der Waals surface area contributed by atoms with Crippen LogP contribution in [0.4, 0.5) is 0 Å². The molecule has 0 saturated carbocycles. The number of rotatable bonds is 19. The van der Waals surface area contributed by atoms with Crippen molar-refractivity contribution in [3.8, 4) is 0 Å². The van der Waals surface area contributed by atoms with Gasteiger partial charge in [0.1, 0.15) is 0 Å². The molecule has 0 saturated heterocycles. The minimum Gasteiger partial charge on any atom is -0.396 e. The van der Waals surface area contributed by atoms with Gasteiger partial charge in [0.05, 0.1) is 0 Å². The molecule has 0 spiro atoms. The van der Waals surface area contributed by atoms with Gasteiger partial charge in [-0.1, -0.05) is 109 Å². The highest BCUT2D eigenvalue weighted by Crippen LogP contribution is 2.14. The molecule has 1 N–H and O–H groups in total. The molecule has 0 amide bonds. The Balaban J connectivity index is 2.92. The van der Waals surface area contributed by atoms with Gasteiger partial charge in [-0.15, -0.1) is 0 Å². The second-order valence-corrected chi connectivity index (χ2v) is 6.76. The smallest absolute Gasteiger partial charge is 0.0431 e. The van der Waals surface area contributed by atoms with Gasteiger partial charge in [-0.05, 0) is 19.3 Å². The standard InChI is InChI=1S/C21H41O/c1-2-3-4-5-6-7-8-9-10-11-12-13-14-15-16-17-18-19-20-21-22/h1-2,22H,3-21H2. The minimum absolute atomic E-state index is 0.368. The maximum Gasteiger partial charge on any atom is 0.0431 e. The van der Waals surface area contributed by atoms with Gasteiger partial charge in [-0.3, -0.25) is 0 Å². The van der Waals surface area contributed by atoms with Crippen molar-refractivity contribution in [2.24, 2.45) is 0 Å². The highest BCUT2D eigenvalue weighted by molar-refractivity contribution is 4.61. The van der Waals surface area contributed by atoms with Crippen molar-refractivity contribution in [2.75, 3.05) is 6.61 Å². The van der Waals surface area contributed by atoms with E-state index in [1.54, 1.807) is 6.08 Å². The van der Waals surface area contributed by atoms with E-state index in [9.17, 15) is 0 Å². The fourth-order valence-corrected chi connectivity index (χ4v) is 3.03. The predicted molar refractivity (Wildman–Crippen MR) is 99.1 cm³/mol. The lowest BCUT2D eigenvalue weighted by molar-refractivity contribution is 0.282. The fourth-order valence-electron chi connectivity index (χ4n) is 3.03. The summed E-state index contributed by atoms with van der Waals surface area (Å²) in [7, 11) is 0. The van der Waals surface area contributed by atoms with Crippen molar-refractivity contribution in [3.05, 3.63) is 12.7 Å². The molecule has 0 rings (SSSR count). The fraction of sp³-hybridized carbons (Fsp3) is 0.905. The molecule has 1 nitrogen and oxygen atoms in total. The Labute approximate surface area is 140 Å². The average molecular weight is 310 g/mol. The Kier molecular flexibility index (Phi) is 20.4. The quantitative estimate of drug-likeness (QED) is 0.255. The molecule has 1 heteroatoms. The molecule has 0 aliphatic heterocycles. The lowest BCUT2D eigenvalue weighted by Crippen LogP contribution is -1.85. The molecule has 0 fully saturated rings. The molecule has 0 aromatic rings. The summed E-state index contributed by atoms with van der Waals surface area (Å²) in [6.07, 6.45) is 26.1. The van der Waals surface area contributed by atoms with E-state index in [4.69, 9.17) is 11.7 Å². The normalized spacial score (nSPS) is 11.0. The first kappa shape index (κ1) is 21.7. The van der Waals surface area contributed by atoms with E-state index in [-0.39, 0.29) is 0 Å². The summed E-state index contributed by atoms with van der Waals surface area (Å²) < 4.78 is 0. The summed E-state index contributed by atoms with van der Waals surface area (Å²) in [6, 6.07) is 0. The second kappa shape index (κ2) is 20.7. The third-order valence-corrected chi connectivity index (χ3v) is 4.53. The molecule has 0 bridgehead atoms. The topological polar surface area (TPSA) is 20.2 Å². The van der Waals surface area contributed by atoms with Crippen LogP contribution in [0.25, 0.3) is 0 Å². The molecule has 22 heavy (non-hydrogen) atoms. The zero-order chi connectivity index (χ0) is 16.1. The zero-order valence-electron chi connectivity index (χ0n) is 15.0. The molecule has 0 aromatic carbocycles. The Morgan fingerprint density at radius 1 is 0.455 bits per heavy atom. The van der Waals surface area contributed by atoms with Crippen LogP contribution in [0.2, 0.25) is 0 Å². The van der Waals surface area contributed by atoms with Gasteiger partial charge < -0.3 is 5.11 Å². The van der Waals surface area contributed by atoms with Gasteiger partial charge in [0.25, 0.3) is 0 Å². The number of aliphatic hydroxyl groups excluding tert-OH is 1. The molecule has 0 unspecified atom stereocenters. The van der Waals surface area contributed by atoms with Crippen LogP contribution in [0.1, 0.15) is 116 Å². The lowest BCUT2D eigenvalue weighted by Gasteiger charge is -2.03. The van der Waals surface area contributed by atoms with Crippen molar-refractivity contribution >= 4 is 0 Å². The highest BCUT2D eigenvalue weighted by atomic mass is 16.2. The van der Waals surface area contributed by atoms with Gasteiger partial charge in [-0.2, -0.15) is 0 Å². The van der Waals surface area contributed by atoms with Gasteiger partial charge >= 0.3 is 0 Å².